The van der Waals surface area contributed by atoms with Crippen LogP contribution in [0.1, 0.15) is 17.3 Å². The van der Waals surface area contributed by atoms with Crippen LogP contribution in [0.15, 0.2) is 12.3 Å². The third-order valence-corrected chi connectivity index (χ3v) is 3.61. The first-order chi connectivity index (χ1) is 10.1. The van der Waals surface area contributed by atoms with Gasteiger partial charge in [0.15, 0.2) is 0 Å². The third kappa shape index (κ3) is 3.10. The summed E-state index contributed by atoms with van der Waals surface area (Å²) in [4.78, 5) is 30.7. The van der Waals surface area contributed by atoms with Crippen molar-refractivity contribution in [3.05, 3.63) is 27.9 Å². The lowest BCUT2D eigenvalue weighted by atomic mass is 10.2. The molecule has 0 N–H and O–H groups in total. The van der Waals surface area contributed by atoms with Crippen LogP contribution in [-0.4, -0.2) is 60.6 Å². The van der Waals surface area contributed by atoms with Gasteiger partial charge in [-0.3, -0.25) is 10.1 Å². The van der Waals surface area contributed by atoms with E-state index in [-0.39, 0.29) is 17.1 Å². The van der Waals surface area contributed by atoms with Gasteiger partial charge >= 0.3 is 11.7 Å². The Hall–Kier alpha value is -2.22. The number of aromatic nitrogens is 1. The van der Waals surface area contributed by atoms with Crippen molar-refractivity contribution >= 4 is 17.5 Å². The zero-order valence-corrected chi connectivity index (χ0v) is 12.1. The SMILES string of the molecule is CCN1CCN(c2nccc(C(=O)OC)c2[N+](=O)[O-])CC1. The molecule has 0 unspecified atom stereocenters. The van der Waals surface area contributed by atoms with Gasteiger partial charge in [0, 0.05) is 32.4 Å². The fourth-order valence-electron chi connectivity index (χ4n) is 2.40. The number of likely N-dealkylation sites (N-methyl/N-ethyl adjacent to an activating group) is 1. The minimum absolute atomic E-state index is 0.0644. The molecule has 1 aromatic rings. The summed E-state index contributed by atoms with van der Waals surface area (Å²) in [5.41, 5.74) is -0.347. The number of anilines is 1. The van der Waals surface area contributed by atoms with Crippen molar-refractivity contribution in [2.24, 2.45) is 0 Å². The van der Waals surface area contributed by atoms with Crippen LogP contribution in [0.2, 0.25) is 0 Å². The number of nitro groups is 1. The van der Waals surface area contributed by atoms with E-state index < -0.39 is 10.9 Å². The second-order valence-electron chi connectivity index (χ2n) is 4.70. The molecule has 0 atom stereocenters. The van der Waals surface area contributed by atoms with Crippen molar-refractivity contribution in [3.8, 4) is 0 Å². The average molecular weight is 294 g/mol. The van der Waals surface area contributed by atoms with E-state index in [2.05, 4.69) is 21.5 Å². The molecule has 1 aliphatic rings. The highest BCUT2D eigenvalue weighted by Crippen LogP contribution is 2.30. The summed E-state index contributed by atoms with van der Waals surface area (Å²) in [6.45, 7) is 5.95. The van der Waals surface area contributed by atoms with E-state index in [9.17, 15) is 14.9 Å². The summed E-state index contributed by atoms with van der Waals surface area (Å²) in [5, 5.41) is 11.3. The van der Waals surface area contributed by atoms with E-state index >= 15 is 0 Å². The van der Waals surface area contributed by atoms with Crippen LogP contribution in [0.5, 0.6) is 0 Å². The molecule has 8 nitrogen and oxygen atoms in total. The maximum absolute atomic E-state index is 11.7. The van der Waals surface area contributed by atoms with Gasteiger partial charge in [0.05, 0.1) is 12.0 Å². The van der Waals surface area contributed by atoms with Crippen molar-refractivity contribution in [2.45, 2.75) is 6.92 Å². The highest BCUT2D eigenvalue weighted by Gasteiger charge is 2.30. The summed E-state index contributed by atoms with van der Waals surface area (Å²) < 4.78 is 4.61. The quantitative estimate of drug-likeness (QED) is 0.463. The molecule has 0 spiro atoms. The zero-order valence-electron chi connectivity index (χ0n) is 12.1. The third-order valence-electron chi connectivity index (χ3n) is 3.61. The summed E-state index contributed by atoms with van der Waals surface area (Å²) in [7, 11) is 1.20. The Balaban J connectivity index is 2.35. The van der Waals surface area contributed by atoms with Gasteiger partial charge in [-0.05, 0) is 12.6 Å². The van der Waals surface area contributed by atoms with Crippen molar-refractivity contribution < 1.29 is 14.5 Å². The molecule has 8 heteroatoms. The lowest BCUT2D eigenvalue weighted by Gasteiger charge is -2.34. The Labute approximate surface area is 122 Å². The number of carbonyl (C=O) groups excluding carboxylic acids is 1. The molecule has 114 valence electrons. The largest absolute Gasteiger partial charge is 0.465 e. The van der Waals surface area contributed by atoms with Gasteiger partial charge in [0.1, 0.15) is 5.56 Å². The molecule has 1 aliphatic heterocycles. The van der Waals surface area contributed by atoms with Crippen LogP contribution >= 0.6 is 0 Å². The Morgan fingerprint density at radius 2 is 2.10 bits per heavy atom. The molecule has 0 radical (unpaired) electrons. The van der Waals surface area contributed by atoms with Gasteiger partial charge in [-0.25, -0.2) is 9.78 Å². The van der Waals surface area contributed by atoms with Crippen LogP contribution in [-0.2, 0) is 4.74 Å². The standard InChI is InChI=1S/C13H18N4O4/c1-3-15-6-8-16(9-7-15)12-11(17(19)20)10(4-5-14-12)13(18)21-2/h4-5H,3,6-9H2,1-2H3. The minimum atomic E-state index is -0.724. The normalized spacial score (nSPS) is 15.8. The lowest BCUT2D eigenvalue weighted by molar-refractivity contribution is -0.384. The minimum Gasteiger partial charge on any atom is -0.465 e. The van der Waals surface area contributed by atoms with Crippen LogP contribution in [0.3, 0.4) is 0 Å². The van der Waals surface area contributed by atoms with Crippen molar-refractivity contribution in [1.29, 1.82) is 0 Å². The Kier molecular flexibility index (Phi) is 4.69. The Morgan fingerprint density at radius 1 is 1.43 bits per heavy atom. The van der Waals surface area contributed by atoms with Crippen LogP contribution in [0.25, 0.3) is 0 Å². The first-order valence-electron chi connectivity index (χ1n) is 6.77. The van der Waals surface area contributed by atoms with Crippen LogP contribution < -0.4 is 4.90 Å². The summed E-state index contributed by atoms with van der Waals surface area (Å²) >= 11 is 0. The van der Waals surface area contributed by atoms with E-state index in [0.717, 1.165) is 19.6 Å². The lowest BCUT2D eigenvalue weighted by Crippen LogP contribution is -2.46. The highest BCUT2D eigenvalue weighted by atomic mass is 16.6. The number of hydrogen-bond donors (Lipinski definition) is 0. The highest BCUT2D eigenvalue weighted by molar-refractivity contribution is 5.96. The van der Waals surface area contributed by atoms with Crippen molar-refractivity contribution in [3.63, 3.8) is 0 Å². The number of piperazine rings is 1. The number of esters is 1. The molecule has 1 fully saturated rings. The molecule has 2 heterocycles. The molecule has 0 bridgehead atoms. The molecule has 0 aliphatic carbocycles. The van der Waals surface area contributed by atoms with Crippen LogP contribution in [0, 0.1) is 10.1 Å². The molecule has 1 aromatic heterocycles. The smallest absolute Gasteiger partial charge is 0.345 e. The average Bonchev–Trinajstić information content (AvgIpc) is 2.53. The predicted molar refractivity (Wildman–Crippen MR) is 76.6 cm³/mol. The van der Waals surface area contributed by atoms with Gasteiger partial charge < -0.3 is 14.5 Å². The fourth-order valence-corrected chi connectivity index (χ4v) is 2.40. The number of pyridine rings is 1. The first kappa shape index (κ1) is 15.2. The zero-order chi connectivity index (χ0) is 15.4. The summed E-state index contributed by atoms with van der Waals surface area (Å²) in [5.74, 6) is -0.490. The monoisotopic (exact) mass is 294 g/mol. The fraction of sp³-hybridized carbons (Fsp3) is 0.538. The van der Waals surface area contributed by atoms with Gasteiger partial charge in [-0.1, -0.05) is 6.92 Å². The van der Waals surface area contributed by atoms with Crippen LogP contribution in [0.4, 0.5) is 11.5 Å². The van der Waals surface area contributed by atoms with E-state index in [1.165, 1.54) is 19.4 Å². The molecule has 0 saturated carbocycles. The second kappa shape index (κ2) is 6.49. The van der Waals surface area contributed by atoms with Gasteiger partial charge in [-0.2, -0.15) is 0 Å². The second-order valence-corrected chi connectivity index (χ2v) is 4.70. The molecular weight excluding hydrogens is 276 g/mol. The van der Waals surface area contributed by atoms with Gasteiger partial charge in [0.2, 0.25) is 5.82 Å². The van der Waals surface area contributed by atoms with Gasteiger partial charge in [-0.15, -0.1) is 0 Å². The molecule has 0 amide bonds. The van der Waals surface area contributed by atoms with E-state index in [0.29, 0.717) is 13.1 Å². The summed E-state index contributed by atoms with van der Waals surface area (Å²) in [6.07, 6.45) is 1.40. The van der Waals surface area contributed by atoms with E-state index in [4.69, 9.17) is 0 Å². The summed E-state index contributed by atoms with van der Waals surface area (Å²) in [6, 6.07) is 1.32. The van der Waals surface area contributed by atoms with Crippen molar-refractivity contribution in [1.82, 2.24) is 9.88 Å². The number of rotatable bonds is 4. The number of hydrogen-bond acceptors (Lipinski definition) is 7. The molecule has 2 rings (SSSR count). The number of methoxy groups -OCH3 is 1. The first-order valence-corrected chi connectivity index (χ1v) is 6.77. The predicted octanol–water partition coefficient (Wildman–Crippen LogP) is 0.918. The van der Waals surface area contributed by atoms with E-state index in [1.54, 1.807) is 0 Å². The van der Waals surface area contributed by atoms with Crippen molar-refractivity contribution in [2.75, 3.05) is 44.7 Å². The molecule has 0 aromatic carbocycles. The van der Waals surface area contributed by atoms with Gasteiger partial charge in [0.25, 0.3) is 0 Å². The Bertz CT molecular complexity index is 541. The number of nitrogens with zero attached hydrogens (tertiary/aromatic N) is 4. The number of carbonyl (C=O) groups is 1. The molecular formula is C13H18N4O4. The van der Waals surface area contributed by atoms with E-state index in [1.807, 2.05) is 4.90 Å². The maximum atomic E-state index is 11.7. The molecule has 1 saturated heterocycles. The maximum Gasteiger partial charge on any atom is 0.345 e. The Morgan fingerprint density at radius 3 is 2.62 bits per heavy atom. The number of ether oxygens (including phenoxy) is 1. The topological polar surface area (TPSA) is 88.8 Å². The molecule has 21 heavy (non-hydrogen) atoms.